The van der Waals surface area contributed by atoms with Gasteiger partial charge in [-0.3, -0.25) is 4.99 Å². The quantitative estimate of drug-likeness (QED) is 0.403. The highest BCUT2D eigenvalue weighted by Gasteiger charge is 2.38. The lowest BCUT2D eigenvalue weighted by atomic mass is 9.64. The van der Waals surface area contributed by atoms with Crippen LogP contribution in [0.1, 0.15) is 38.7 Å². The van der Waals surface area contributed by atoms with Crippen LogP contribution in [0.25, 0.3) is 0 Å². The Morgan fingerprint density at radius 2 is 1.88 bits per heavy atom. The highest BCUT2D eigenvalue weighted by molar-refractivity contribution is 14.0. The minimum atomic E-state index is 0. The van der Waals surface area contributed by atoms with Gasteiger partial charge in [-0.05, 0) is 25.3 Å². The molecule has 0 unspecified atom stereocenters. The van der Waals surface area contributed by atoms with E-state index in [-0.39, 0.29) is 34.8 Å². The topological polar surface area (TPSA) is 45.7 Å². The summed E-state index contributed by atoms with van der Waals surface area (Å²) in [6.45, 7) is 8.66. The summed E-state index contributed by atoms with van der Waals surface area (Å²) in [6.07, 6.45) is 3.84. The van der Waals surface area contributed by atoms with Crippen LogP contribution in [-0.4, -0.2) is 38.8 Å². The summed E-state index contributed by atoms with van der Waals surface area (Å²) in [5.74, 6) is 0.933. The van der Waals surface area contributed by atoms with Crippen molar-refractivity contribution in [2.75, 3.05) is 32.8 Å². The number of hydrogen-bond acceptors (Lipinski definition) is 2. The van der Waals surface area contributed by atoms with E-state index in [4.69, 9.17) is 9.73 Å². The van der Waals surface area contributed by atoms with E-state index < -0.39 is 0 Å². The summed E-state index contributed by atoms with van der Waals surface area (Å²) in [7, 11) is 0. The summed E-state index contributed by atoms with van der Waals surface area (Å²) in [6, 6.07) is 10.9. The second-order valence-corrected chi connectivity index (χ2v) is 7.35. The van der Waals surface area contributed by atoms with Crippen molar-refractivity contribution in [1.82, 2.24) is 10.6 Å². The van der Waals surface area contributed by atoms with Gasteiger partial charge in [0.25, 0.3) is 0 Å². The first kappa shape index (κ1) is 19.5. The standard InChI is InChI=1S/C19H29N3O.HI/c1-3-20-17(21-12-18(2)14-23-15-18)22-13-19(10-7-11-19)16-8-5-4-6-9-16;/h4-6,8-9H,3,7,10-15H2,1-2H3,(H2,20,21,22);1H. The van der Waals surface area contributed by atoms with Gasteiger partial charge >= 0.3 is 0 Å². The number of guanidine groups is 1. The molecule has 1 saturated heterocycles. The third kappa shape index (κ3) is 4.42. The van der Waals surface area contributed by atoms with Crippen LogP contribution in [0.3, 0.4) is 0 Å². The molecule has 1 aliphatic carbocycles. The summed E-state index contributed by atoms with van der Waals surface area (Å²) in [5, 5.41) is 6.95. The molecule has 0 spiro atoms. The second-order valence-electron chi connectivity index (χ2n) is 7.35. The lowest BCUT2D eigenvalue weighted by Crippen LogP contribution is -2.49. The first-order chi connectivity index (χ1) is 11.2. The zero-order valence-corrected chi connectivity index (χ0v) is 17.1. The predicted molar refractivity (Wildman–Crippen MR) is 110 cm³/mol. The average Bonchev–Trinajstić information content (AvgIpc) is 2.50. The maximum Gasteiger partial charge on any atom is 0.191 e. The molecule has 4 nitrogen and oxygen atoms in total. The Balaban J connectivity index is 0.00000208. The van der Waals surface area contributed by atoms with Gasteiger partial charge in [0.2, 0.25) is 0 Å². The lowest BCUT2D eigenvalue weighted by Gasteiger charge is -2.43. The van der Waals surface area contributed by atoms with Crippen molar-refractivity contribution in [3.63, 3.8) is 0 Å². The molecule has 2 fully saturated rings. The molecule has 0 amide bonds. The molecule has 2 aliphatic rings. The van der Waals surface area contributed by atoms with Crippen molar-refractivity contribution in [2.24, 2.45) is 10.4 Å². The maximum atomic E-state index is 5.32. The fourth-order valence-corrected chi connectivity index (χ4v) is 3.37. The van der Waals surface area contributed by atoms with E-state index >= 15 is 0 Å². The summed E-state index contributed by atoms with van der Waals surface area (Å²) >= 11 is 0. The number of aliphatic imine (C=N–C) groups is 1. The first-order valence-electron chi connectivity index (χ1n) is 8.81. The molecule has 134 valence electrons. The normalized spacial score (nSPS) is 21.0. The minimum Gasteiger partial charge on any atom is -0.380 e. The van der Waals surface area contributed by atoms with Gasteiger partial charge in [-0.15, -0.1) is 24.0 Å². The fraction of sp³-hybridized carbons (Fsp3) is 0.632. The van der Waals surface area contributed by atoms with Crippen molar-refractivity contribution in [3.8, 4) is 0 Å². The Morgan fingerprint density at radius 1 is 1.17 bits per heavy atom. The molecule has 0 bridgehead atoms. The maximum absolute atomic E-state index is 5.32. The fourth-order valence-electron chi connectivity index (χ4n) is 3.37. The molecule has 0 aromatic heterocycles. The molecule has 2 N–H and O–H groups in total. The highest BCUT2D eigenvalue weighted by atomic mass is 127. The van der Waals surface area contributed by atoms with Crippen LogP contribution in [0.15, 0.2) is 35.3 Å². The van der Waals surface area contributed by atoms with E-state index in [9.17, 15) is 0 Å². The summed E-state index contributed by atoms with van der Waals surface area (Å²) < 4.78 is 5.32. The molecule has 0 atom stereocenters. The molecular formula is C19H30IN3O. The molecule has 5 heteroatoms. The van der Waals surface area contributed by atoms with E-state index in [2.05, 4.69) is 54.8 Å². The Labute approximate surface area is 162 Å². The van der Waals surface area contributed by atoms with E-state index in [1.54, 1.807) is 0 Å². The molecule has 1 aromatic rings. The molecule has 24 heavy (non-hydrogen) atoms. The van der Waals surface area contributed by atoms with E-state index in [0.29, 0.717) is 0 Å². The molecule has 1 aromatic carbocycles. The first-order valence-corrected chi connectivity index (χ1v) is 8.81. The third-order valence-electron chi connectivity index (χ3n) is 5.16. The number of nitrogens with one attached hydrogen (secondary N) is 2. The van der Waals surface area contributed by atoms with Gasteiger partial charge in [0.1, 0.15) is 0 Å². The highest BCUT2D eigenvalue weighted by Crippen LogP contribution is 2.43. The number of ether oxygens (including phenoxy) is 1. The number of hydrogen-bond donors (Lipinski definition) is 2. The third-order valence-corrected chi connectivity index (χ3v) is 5.16. The van der Waals surface area contributed by atoms with Crippen LogP contribution in [0, 0.1) is 5.41 Å². The molecule has 1 aliphatic heterocycles. The van der Waals surface area contributed by atoms with Gasteiger partial charge in [-0.25, -0.2) is 0 Å². The predicted octanol–water partition coefficient (Wildman–Crippen LogP) is 3.32. The van der Waals surface area contributed by atoms with Crippen LogP contribution in [-0.2, 0) is 10.2 Å². The van der Waals surface area contributed by atoms with Gasteiger partial charge in [0, 0.05) is 23.9 Å². The van der Waals surface area contributed by atoms with Crippen molar-refractivity contribution in [2.45, 2.75) is 38.5 Å². The summed E-state index contributed by atoms with van der Waals surface area (Å²) in [4.78, 5) is 4.78. The van der Waals surface area contributed by atoms with Gasteiger partial charge in [0.15, 0.2) is 5.96 Å². The van der Waals surface area contributed by atoms with Crippen molar-refractivity contribution >= 4 is 29.9 Å². The van der Waals surface area contributed by atoms with Crippen LogP contribution in [0.4, 0.5) is 0 Å². The lowest BCUT2D eigenvalue weighted by molar-refractivity contribution is -0.0945. The van der Waals surface area contributed by atoms with E-state index in [1.165, 1.54) is 24.8 Å². The van der Waals surface area contributed by atoms with Gasteiger partial charge in [0.05, 0.1) is 19.8 Å². The van der Waals surface area contributed by atoms with Crippen LogP contribution >= 0.6 is 24.0 Å². The smallest absolute Gasteiger partial charge is 0.191 e. The number of rotatable bonds is 6. The Hall–Kier alpha value is -0.820. The van der Waals surface area contributed by atoms with Crippen LogP contribution < -0.4 is 10.6 Å². The van der Waals surface area contributed by atoms with Gasteiger partial charge < -0.3 is 15.4 Å². The zero-order valence-electron chi connectivity index (χ0n) is 14.8. The number of halogens is 1. The van der Waals surface area contributed by atoms with Gasteiger partial charge in [-0.1, -0.05) is 43.7 Å². The molecule has 3 rings (SSSR count). The molecular weight excluding hydrogens is 413 g/mol. The Morgan fingerprint density at radius 3 is 2.38 bits per heavy atom. The Kier molecular flexibility index (Phi) is 6.92. The van der Waals surface area contributed by atoms with Crippen LogP contribution in [0.5, 0.6) is 0 Å². The largest absolute Gasteiger partial charge is 0.380 e. The van der Waals surface area contributed by atoms with Crippen molar-refractivity contribution in [1.29, 1.82) is 0 Å². The monoisotopic (exact) mass is 443 g/mol. The van der Waals surface area contributed by atoms with E-state index in [1.807, 2.05) is 0 Å². The SMILES string of the molecule is CCNC(=NCC1(C)COC1)NCC1(c2ccccc2)CCC1.I. The molecule has 0 radical (unpaired) electrons. The number of nitrogens with zero attached hydrogens (tertiary/aromatic N) is 1. The Bertz CT molecular complexity index is 539. The van der Waals surface area contributed by atoms with Crippen molar-refractivity contribution < 1.29 is 4.74 Å². The van der Waals surface area contributed by atoms with E-state index in [0.717, 1.165) is 38.8 Å². The van der Waals surface area contributed by atoms with Gasteiger partial charge in [-0.2, -0.15) is 0 Å². The molecule has 1 heterocycles. The second kappa shape index (κ2) is 8.52. The minimum absolute atomic E-state index is 0. The molecule has 1 saturated carbocycles. The average molecular weight is 443 g/mol. The summed E-state index contributed by atoms with van der Waals surface area (Å²) in [5.41, 5.74) is 1.95. The zero-order chi connectivity index (χ0) is 16.2. The van der Waals surface area contributed by atoms with Crippen LogP contribution in [0.2, 0.25) is 0 Å². The van der Waals surface area contributed by atoms with Crippen molar-refractivity contribution in [3.05, 3.63) is 35.9 Å². The number of benzene rings is 1.